The lowest BCUT2D eigenvalue weighted by molar-refractivity contribution is 0.275. The number of hydrogen-bond donors (Lipinski definition) is 2. The summed E-state index contributed by atoms with van der Waals surface area (Å²) in [4.78, 5) is 1.89. The summed E-state index contributed by atoms with van der Waals surface area (Å²) < 4.78 is 5.14. The Kier molecular flexibility index (Phi) is 2.13. The van der Waals surface area contributed by atoms with Gasteiger partial charge in [0.25, 0.3) is 0 Å². The first kappa shape index (κ1) is 9.36. The number of nitrogens with zero attached hydrogens (tertiary/aromatic N) is 1. The van der Waals surface area contributed by atoms with E-state index in [0.717, 1.165) is 16.7 Å². The van der Waals surface area contributed by atoms with Crippen molar-refractivity contribution in [3.63, 3.8) is 0 Å². The molecule has 0 aromatic heterocycles. The highest BCUT2D eigenvalue weighted by atomic mass is 16.5. The van der Waals surface area contributed by atoms with Crippen molar-refractivity contribution in [3.8, 4) is 0 Å². The Labute approximate surface area is 83.4 Å². The van der Waals surface area contributed by atoms with E-state index in [0.29, 0.717) is 12.3 Å². The Hall–Kier alpha value is -1.20. The molecule has 1 aromatic rings. The van der Waals surface area contributed by atoms with Gasteiger partial charge in [-0.25, -0.2) is 0 Å². The van der Waals surface area contributed by atoms with E-state index in [1.165, 1.54) is 0 Å². The first-order chi connectivity index (χ1) is 6.61. The fourth-order valence-electron chi connectivity index (χ4n) is 1.82. The molecule has 3 N–H and O–H groups in total. The Balaban J connectivity index is 2.62. The van der Waals surface area contributed by atoms with Crippen LogP contribution in [0, 0.1) is 0 Å². The number of anilines is 2. The number of hydrogen-bond acceptors (Lipinski definition) is 4. The molecule has 0 bridgehead atoms. The minimum absolute atomic E-state index is 0.456. The Morgan fingerprint density at radius 1 is 1.50 bits per heavy atom. The Morgan fingerprint density at radius 3 is 2.86 bits per heavy atom. The quantitative estimate of drug-likeness (QED) is 0.467. The molecule has 0 amide bonds. The number of benzene rings is 1. The van der Waals surface area contributed by atoms with Crippen molar-refractivity contribution >= 4 is 24.0 Å². The molecule has 1 aliphatic rings. The van der Waals surface area contributed by atoms with Crippen molar-refractivity contribution < 1.29 is 9.68 Å². The summed E-state index contributed by atoms with van der Waals surface area (Å²) in [5, 5.41) is 9.63. The third kappa shape index (κ3) is 1.25. The molecule has 5 heteroatoms. The molecule has 1 heterocycles. The number of fused-ring (bicyclic) bond motifs is 1. The summed E-state index contributed by atoms with van der Waals surface area (Å²) in [7, 11) is 2.96. The van der Waals surface area contributed by atoms with Crippen molar-refractivity contribution in [3.05, 3.63) is 17.7 Å². The predicted octanol–water partition coefficient (Wildman–Crippen LogP) is -0.448. The van der Waals surface area contributed by atoms with E-state index in [9.17, 15) is 5.02 Å². The topological polar surface area (TPSA) is 58.7 Å². The predicted molar refractivity (Wildman–Crippen MR) is 57.6 cm³/mol. The van der Waals surface area contributed by atoms with Gasteiger partial charge in [0.1, 0.15) is 0 Å². The van der Waals surface area contributed by atoms with E-state index < -0.39 is 7.12 Å². The lowest BCUT2D eigenvalue weighted by atomic mass is 9.77. The van der Waals surface area contributed by atoms with Gasteiger partial charge >= 0.3 is 7.12 Å². The van der Waals surface area contributed by atoms with Gasteiger partial charge in [0, 0.05) is 19.6 Å². The maximum absolute atomic E-state index is 9.63. The van der Waals surface area contributed by atoms with Crippen molar-refractivity contribution in [2.24, 2.45) is 0 Å². The molecule has 0 saturated carbocycles. The smallest absolute Gasteiger partial charge is 0.423 e. The van der Waals surface area contributed by atoms with Crippen molar-refractivity contribution in [2.75, 3.05) is 24.7 Å². The minimum atomic E-state index is -0.842. The highest BCUT2D eigenvalue weighted by Crippen LogP contribution is 2.24. The summed E-state index contributed by atoms with van der Waals surface area (Å²) in [5.74, 6) is 0. The Morgan fingerprint density at radius 2 is 2.21 bits per heavy atom. The molecule has 0 aliphatic carbocycles. The lowest BCUT2D eigenvalue weighted by Gasteiger charge is -2.19. The largest absolute Gasteiger partial charge is 0.493 e. The third-order valence-corrected chi connectivity index (χ3v) is 2.43. The van der Waals surface area contributed by atoms with Crippen molar-refractivity contribution in [2.45, 2.75) is 6.61 Å². The standard InChI is InChI=1S/C9H13BN2O2/c1-12(2)9-7(11)4-3-6-5-14-10(13)8(6)9/h3-4,13H,5,11H2,1-2H3. The molecule has 2 rings (SSSR count). The van der Waals surface area contributed by atoms with Gasteiger partial charge in [0.2, 0.25) is 0 Å². The second kappa shape index (κ2) is 3.18. The zero-order valence-corrected chi connectivity index (χ0v) is 8.32. The molecule has 0 saturated heterocycles. The van der Waals surface area contributed by atoms with Gasteiger partial charge in [0.05, 0.1) is 18.0 Å². The van der Waals surface area contributed by atoms with Gasteiger partial charge < -0.3 is 20.3 Å². The highest BCUT2D eigenvalue weighted by Gasteiger charge is 2.31. The van der Waals surface area contributed by atoms with Crippen LogP contribution in [-0.2, 0) is 11.3 Å². The highest BCUT2D eigenvalue weighted by molar-refractivity contribution is 6.63. The number of rotatable bonds is 1. The summed E-state index contributed by atoms with van der Waals surface area (Å²) in [6.45, 7) is 0.456. The van der Waals surface area contributed by atoms with Crippen LogP contribution >= 0.6 is 0 Å². The Bertz CT molecular complexity index is 368. The second-order valence-electron chi connectivity index (χ2n) is 3.63. The first-order valence-corrected chi connectivity index (χ1v) is 4.49. The van der Waals surface area contributed by atoms with Gasteiger partial charge in [-0.3, -0.25) is 0 Å². The zero-order chi connectivity index (χ0) is 10.3. The fourth-order valence-corrected chi connectivity index (χ4v) is 1.82. The zero-order valence-electron chi connectivity index (χ0n) is 8.32. The molecule has 14 heavy (non-hydrogen) atoms. The van der Waals surface area contributed by atoms with E-state index in [1.807, 2.05) is 31.1 Å². The van der Waals surface area contributed by atoms with Gasteiger partial charge in [-0.15, -0.1) is 0 Å². The average Bonchev–Trinajstić information content (AvgIpc) is 2.47. The number of nitrogen functional groups attached to an aromatic ring is 1. The molecule has 1 aliphatic heterocycles. The van der Waals surface area contributed by atoms with Crippen LogP contribution in [0.5, 0.6) is 0 Å². The summed E-state index contributed by atoms with van der Waals surface area (Å²) in [6.07, 6.45) is 0. The van der Waals surface area contributed by atoms with Gasteiger partial charge in [0.15, 0.2) is 0 Å². The van der Waals surface area contributed by atoms with E-state index in [1.54, 1.807) is 0 Å². The van der Waals surface area contributed by atoms with Crippen LogP contribution in [0.2, 0.25) is 0 Å². The average molecular weight is 192 g/mol. The van der Waals surface area contributed by atoms with E-state index in [-0.39, 0.29) is 0 Å². The van der Waals surface area contributed by atoms with E-state index >= 15 is 0 Å². The van der Waals surface area contributed by atoms with Crippen LogP contribution in [0.1, 0.15) is 5.56 Å². The SMILES string of the molecule is CN(C)c1c(N)ccc2c1B(O)OC2. The third-order valence-electron chi connectivity index (χ3n) is 2.43. The van der Waals surface area contributed by atoms with Crippen LogP contribution in [0.15, 0.2) is 12.1 Å². The van der Waals surface area contributed by atoms with Crippen molar-refractivity contribution in [1.82, 2.24) is 0 Å². The molecule has 0 atom stereocenters. The van der Waals surface area contributed by atoms with Crippen LogP contribution < -0.4 is 16.1 Å². The monoisotopic (exact) mass is 192 g/mol. The maximum atomic E-state index is 9.63. The molecular formula is C9H13BN2O2. The molecule has 0 unspecified atom stereocenters. The maximum Gasteiger partial charge on any atom is 0.493 e. The van der Waals surface area contributed by atoms with E-state index in [2.05, 4.69) is 0 Å². The van der Waals surface area contributed by atoms with Gasteiger partial charge in [-0.2, -0.15) is 0 Å². The molecule has 1 aromatic carbocycles. The molecule has 0 fully saturated rings. The van der Waals surface area contributed by atoms with Crippen LogP contribution in [0.3, 0.4) is 0 Å². The van der Waals surface area contributed by atoms with Gasteiger partial charge in [-0.1, -0.05) is 6.07 Å². The van der Waals surface area contributed by atoms with Crippen LogP contribution in [0.4, 0.5) is 11.4 Å². The fraction of sp³-hybridized carbons (Fsp3) is 0.333. The van der Waals surface area contributed by atoms with Gasteiger partial charge in [-0.05, 0) is 11.6 Å². The summed E-state index contributed by atoms with van der Waals surface area (Å²) >= 11 is 0. The molecule has 0 spiro atoms. The normalized spacial score (nSPS) is 14.4. The molecule has 0 radical (unpaired) electrons. The molecule has 4 nitrogen and oxygen atoms in total. The van der Waals surface area contributed by atoms with E-state index in [4.69, 9.17) is 10.4 Å². The van der Waals surface area contributed by atoms with Crippen molar-refractivity contribution in [1.29, 1.82) is 0 Å². The minimum Gasteiger partial charge on any atom is -0.423 e. The first-order valence-electron chi connectivity index (χ1n) is 4.49. The number of nitrogens with two attached hydrogens (primary N) is 1. The second-order valence-corrected chi connectivity index (χ2v) is 3.63. The summed E-state index contributed by atoms with van der Waals surface area (Å²) in [6, 6.07) is 3.74. The molecule has 74 valence electrons. The lowest BCUT2D eigenvalue weighted by Crippen LogP contribution is -2.34. The molecular weight excluding hydrogens is 179 g/mol. The van der Waals surface area contributed by atoms with Crippen LogP contribution in [0.25, 0.3) is 0 Å². The summed E-state index contributed by atoms with van der Waals surface area (Å²) in [5.41, 5.74) is 9.18. The van der Waals surface area contributed by atoms with Crippen LogP contribution in [-0.4, -0.2) is 26.2 Å².